The van der Waals surface area contributed by atoms with Crippen LogP contribution in [0.1, 0.15) is 29.9 Å². The van der Waals surface area contributed by atoms with E-state index in [9.17, 15) is 0 Å². The number of likely N-dealkylation sites (N-methyl/N-ethyl adjacent to an activating group) is 1. The average molecular weight is 210 g/mol. The number of fused-ring (bicyclic) bond motifs is 1. The zero-order valence-electron chi connectivity index (χ0n) is 9.20. The Hall–Kier alpha value is -0.870. The highest BCUT2D eigenvalue weighted by Crippen LogP contribution is 2.24. The fourth-order valence-corrected chi connectivity index (χ4v) is 2.08. The quantitative estimate of drug-likeness (QED) is 0.804. The smallest absolute Gasteiger partial charge is 0.140 e. The molecule has 0 unspecified atom stereocenters. The van der Waals surface area contributed by atoms with E-state index >= 15 is 0 Å². The topological polar surface area (TPSA) is 49.5 Å². The molecule has 84 valence electrons. The van der Waals surface area contributed by atoms with Crippen LogP contribution in [0.15, 0.2) is 4.52 Å². The minimum absolute atomic E-state index is 0.191. The SMILES string of the molecule is CN(CCO)Cc1noc2c1CCCC2. The van der Waals surface area contributed by atoms with Crippen molar-refractivity contribution in [1.82, 2.24) is 10.1 Å². The highest BCUT2D eigenvalue weighted by atomic mass is 16.5. The number of aryl methyl sites for hydroxylation is 1. The molecule has 1 aromatic rings. The number of nitrogens with zero attached hydrogens (tertiary/aromatic N) is 2. The van der Waals surface area contributed by atoms with Gasteiger partial charge in [0.05, 0.1) is 6.61 Å². The summed E-state index contributed by atoms with van der Waals surface area (Å²) in [6, 6.07) is 0. The van der Waals surface area contributed by atoms with Crippen LogP contribution in [0, 0.1) is 0 Å². The molecular weight excluding hydrogens is 192 g/mol. The first-order chi connectivity index (χ1) is 7.31. The fraction of sp³-hybridized carbons (Fsp3) is 0.727. The van der Waals surface area contributed by atoms with Gasteiger partial charge in [-0.25, -0.2) is 0 Å². The molecule has 0 aromatic carbocycles. The highest BCUT2D eigenvalue weighted by Gasteiger charge is 2.19. The second-order valence-electron chi connectivity index (χ2n) is 4.20. The number of rotatable bonds is 4. The van der Waals surface area contributed by atoms with Gasteiger partial charge in [-0.05, 0) is 26.3 Å². The molecule has 0 saturated carbocycles. The van der Waals surface area contributed by atoms with Gasteiger partial charge in [0.2, 0.25) is 0 Å². The third-order valence-electron chi connectivity index (χ3n) is 2.93. The van der Waals surface area contributed by atoms with Crippen molar-refractivity contribution in [3.8, 4) is 0 Å². The van der Waals surface area contributed by atoms with Crippen LogP contribution in [-0.4, -0.2) is 35.4 Å². The van der Waals surface area contributed by atoms with Gasteiger partial charge in [-0.1, -0.05) is 5.16 Å². The summed E-state index contributed by atoms with van der Waals surface area (Å²) in [7, 11) is 1.99. The summed E-state index contributed by atoms with van der Waals surface area (Å²) in [6.45, 7) is 1.65. The molecule has 1 aromatic heterocycles. The van der Waals surface area contributed by atoms with Crippen molar-refractivity contribution in [2.45, 2.75) is 32.2 Å². The average Bonchev–Trinajstić information content (AvgIpc) is 2.62. The molecule has 0 bridgehead atoms. The molecule has 15 heavy (non-hydrogen) atoms. The van der Waals surface area contributed by atoms with Gasteiger partial charge in [0.15, 0.2) is 0 Å². The molecule has 1 heterocycles. The van der Waals surface area contributed by atoms with E-state index in [0.717, 1.165) is 30.8 Å². The van der Waals surface area contributed by atoms with Crippen molar-refractivity contribution in [1.29, 1.82) is 0 Å². The molecule has 4 nitrogen and oxygen atoms in total. The molecule has 1 N–H and O–H groups in total. The van der Waals surface area contributed by atoms with Gasteiger partial charge in [0, 0.05) is 25.1 Å². The molecule has 1 aliphatic carbocycles. The van der Waals surface area contributed by atoms with Crippen molar-refractivity contribution in [3.63, 3.8) is 0 Å². The summed E-state index contributed by atoms with van der Waals surface area (Å²) in [4.78, 5) is 2.06. The summed E-state index contributed by atoms with van der Waals surface area (Å²) in [5.41, 5.74) is 2.37. The first-order valence-electron chi connectivity index (χ1n) is 5.57. The van der Waals surface area contributed by atoms with Crippen LogP contribution < -0.4 is 0 Å². The fourth-order valence-electron chi connectivity index (χ4n) is 2.08. The third-order valence-corrected chi connectivity index (χ3v) is 2.93. The van der Waals surface area contributed by atoms with Gasteiger partial charge in [0.1, 0.15) is 11.5 Å². The van der Waals surface area contributed by atoms with Gasteiger partial charge >= 0.3 is 0 Å². The van der Waals surface area contributed by atoms with Gasteiger partial charge < -0.3 is 9.63 Å². The minimum Gasteiger partial charge on any atom is -0.395 e. The van der Waals surface area contributed by atoms with Crippen molar-refractivity contribution in [2.24, 2.45) is 0 Å². The predicted octanol–water partition coefficient (Wildman–Crippen LogP) is 0.977. The first-order valence-corrected chi connectivity index (χ1v) is 5.57. The van der Waals surface area contributed by atoms with E-state index in [4.69, 9.17) is 9.63 Å². The Morgan fingerprint density at radius 1 is 1.40 bits per heavy atom. The Labute approximate surface area is 89.9 Å². The molecule has 0 fully saturated rings. The van der Waals surface area contributed by atoms with Gasteiger partial charge in [0.25, 0.3) is 0 Å². The lowest BCUT2D eigenvalue weighted by atomic mass is 9.96. The molecule has 0 aliphatic heterocycles. The summed E-state index contributed by atoms with van der Waals surface area (Å²) in [5, 5.41) is 12.9. The van der Waals surface area contributed by atoms with Crippen LogP contribution >= 0.6 is 0 Å². The van der Waals surface area contributed by atoms with E-state index in [1.165, 1.54) is 18.4 Å². The Balaban J connectivity index is 2.05. The molecule has 4 heteroatoms. The van der Waals surface area contributed by atoms with Crippen LogP contribution in [0.25, 0.3) is 0 Å². The van der Waals surface area contributed by atoms with Gasteiger partial charge in [-0.3, -0.25) is 4.90 Å². The molecule has 1 aliphatic rings. The maximum atomic E-state index is 8.82. The summed E-state index contributed by atoms with van der Waals surface area (Å²) < 4.78 is 5.33. The molecule has 0 radical (unpaired) electrons. The van der Waals surface area contributed by atoms with Crippen LogP contribution in [0.2, 0.25) is 0 Å². The summed E-state index contributed by atoms with van der Waals surface area (Å²) >= 11 is 0. The van der Waals surface area contributed by atoms with Crippen molar-refractivity contribution >= 4 is 0 Å². The molecule has 0 saturated heterocycles. The number of aromatic nitrogens is 1. The van der Waals surface area contributed by atoms with E-state index in [1.54, 1.807) is 0 Å². The standard InChI is InChI=1S/C11H18N2O2/c1-13(6-7-14)8-10-9-4-2-3-5-11(9)15-12-10/h14H,2-8H2,1H3. The lowest BCUT2D eigenvalue weighted by molar-refractivity contribution is 0.213. The Kier molecular flexibility index (Phi) is 3.38. The van der Waals surface area contributed by atoms with Crippen LogP contribution in [0.5, 0.6) is 0 Å². The second-order valence-corrected chi connectivity index (χ2v) is 4.20. The van der Waals surface area contributed by atoms with Gasteiger partial charge in [-0.2, -0.15) is 0 Å². The van der Waals surface area contributed by atoms with Crippen LogP contribution in [0.4, 0.5) is 0 Å². The van der Waals surface area contributed by atoms with Crippen molar-refractivity contribution in [2.75, 3.05) is 20.2 Å². The maximum absolute atomic E-state index is 8.82. The second kappa shape index (κ2) is 4.77. The zero-order chi connectivity index (χ0) is 10.7. The lowest BCUT2D eigenvalue weighted by Crippen LogP contribution is -2.22. The molecule has 0 amide bonds. The first kappa shape index (κ1) is 10.6. The van der Waals surface area contributed by atoms with Crippen LogP contribution in [0.3, 0.4) is 0 Å². The van der Waals surface area contributed by atoms with Gasteiger partial charge in [-0.15, -0.1) is 0 Å². The highest BCUT2D eigenvalue weighted by molar-refractivity contribution is 5.25. The number of aliphatic hydroxyl groups excluding tert-OH is 1. The number of hydrogen-bond acceptors (Lipinski definition) is 4. The summed E-state index contributed by atoms with van der Waals surface area (Å²) in [6.07, 6.45) is 4.59. The van der Waals surface area contributed by atoms with E-state index in [-0.39, 0.29) is 6.61 Å². The number of aliphatic hydroxyl groups is 1. The van der Waals surface area contributed by atoms with E-state index in [1.807, 2.05) is 7.05 Å². The lowest BCUT2D eigenvalue weighted by Gasteiger charge is -2.15. The van der Waals surface area contributed by atoms with E-state index < -0.39 is 0 Å². The van der Waals surface area contributed by atoms with Crippen LogP contribution in [-0.2, 0) is 19.4 Å². The van der Waals surface area contributed by atoms with Crippen molar-refractivity contribution in [3.05, 3.63) is 17.0 Å². The minimum atomic E-state index is 0.191. The molecular formula is C11H18N2O2. The third kappa shape index (κ3) is 2.38. The zero-order valence-corrected chi connectivity index (χ0v) is 9.20. The number of hydrogen-bond donors (Lipinski definition) is 1. The monoisotopic (exact) mass is 210 g/mol. The predicted molar refractivity (Wildman–Crippen MR) is 56.6 cm³/mol. The Bertz CT molecular complexity index is 322. The largest absolute Gasteiger partial charge is 0.395 e. The summed E-state index contributed by atoms with van der Waals surface area (Å²) in [5.74, 6) is 1.08. The molecule has 0 atom stereocenters. The van der Waals surface area contributed by atoms with E-state index in [2.05, 4.69) is 10.1 Å². The molecule has 0 spiro atoms. The molecule has 2 rings (SSSR count). The Morgan fingerprint density at radius 2 is 2.20 bits per heavy atom. The van der Waals surface area contributed by atoms with E-state index in [0.29, 0.717) is 6.54 Å². The van der Waals surface area contributed by atoms with Crippen molar-refractivity contribution < 1.29 is 9.63 Å². The Morgan fingerprint density at radius 3 is 3.00 bits per heavy atom. The normalized spacial score (nSPS) is 15.7. The maximum Gasteiger partial charge on any atom is 0.140 e.